The molecule has 3 rings (SSSR count). The van der Waals surface area contributed by atoms with E-state index < -0.39 is 42.7 Å². The van der Waals surface area contributed by atoms with Gasteiger partial charge in [-0.05, 0) is 84.3 Å². The topological polar surface area (TPSA) is 145 Å². The van der Waals surface area contributed by atoms with Gasteiger partial charge < -0.3 is 14.2 Å². The minimum atomic E-state index is -4.51. The fraction of sp³-hybridized carbons (Fsp3) is 0.471. The summed E-state index contributed by atoms with van der Waals surface area (Å²) in [6.07, 6.45) is -1.83. The van der Waals surface area contributed by atoms with Crippen LogP contribution >= 0.6 is 11.8 Å². The van der Waals surface area contributed by atoms with E-state index in [9.17, 15) is 27.6 Å². The van der Waals surface area contributed by atoms with E-state index >= 15 is 0 Å². The number of methoxy groups -OCH3 is 1. The standard InChI is InChI=1S/C34H42N2O9S2/c1-23-13-14-25(35-29(38)44-21-32(2,3)4)20-24(23)12-10-9-11-19-34(47(41,42)27-17-15-26(43-8)16-18-27)28(37)36(31(40)46-34)30(39)45-22-33(5,6)7/h13-18,20H,9,11,19,21-22H2,1-8H3,(H,35,38). The highest BCUT2D eigenvalue weighted by Gasteiger charge is 2.63. The molecule has 1 saturated heterocycles. The highest BCUT2D eigenvalue weighted by Crippen LogP contribution is 2.48. The molecular formula is C34H42N2O9S2. The summed E-state index contributed by atoms with van der Waals surface area (Å²) in [5.41, 5.74) is 1.34. The summed E-state index contributed by atoms with van der Waals surface area (Å²) < 4.78 is 41.4. The number of carbonyl (C=O) groups is 4. The van der Waals surface area contributed by atoms with Gasteiger partial charge in [-0.15, -0.1) is 0 Å². The van der Waals surface area contributed by atoms with Crippen LogP contribution in [0.1, 0.15) is 71.9 Å². The Morgan fingerprint density at radius 2 is 1.57 bits per heavy atom. The van der Waals surface area contributed by atoms with Crippen molar-refractivity contribution in [2.75, 3.05) is 25.6 Å². The van der Waals surface area contributed by atoms with Crippen LogP contribution in [0.15, 0.2) is 47.4 Å². The van der Waals surface area contributed by atoms with Gasteiger partial charge in [0.1, 0.15) is 5.75 Å². The smallest absolute Gasteiger partial charge is 0.424 e. The summed E-state index contributed by atoms with van der Waals surface area (Å²) in [5.74, 6) is 5.25. The van der Waals surface area contributed by atoms with E-state index in [0.29, 0.717) is 17.0 Å². The summed E-state index contributed by atoms with van der Waals surface area (Å²) >= 11 is 0.290. The van der Waals surface area contributed by atoms with Crippen molar-refractivity contribution < 1.29 is 41.8 Å². The van der Waals surface area contributed by atoms with E-state index in [2.05, 4.69) is 17.2 Å². The van der Waals surface area contributed by atoms with Crippen LogP contribution in [0.25, 0.3) is 0 Å². The predicted octanol–water partition coefficient (Wildman–Crippen LogP) is 7.17. The largest absolute Gasteiger partial charge is 0.497 e. The van der Waals surface area contributed by atoms with Gasteiger partial charge in [-0.2, -0.15) is 4.90 Å². The Balaban J connectivity index is 1.84. The van der Waals surface area contributed by atoms with Gasteiger partial charge in [-0.3, -0.25) is 14.9 Å². The minimum absolute atomic E-state index is 0.0877. The third kappa shape index (κ3) is 9.51. The van der Waals surface area contributed by atoms with Crippen molar-refractivity contribution in [3.63, 3.8) is 0 Å². The number of hydrogen-bond acceptors (Lipinski definition) is 10. The maximum Gasteiger partial charge on any atom is 0.424 e. The number of aryl methyl sites for hydroxylation is 1. The lowest BCUT2D eigenvalue weighted by Crippen LogP contribution is -2.47. The second-order valence-corrected chi connectivity index (χ2v) is 17.2. The highest BCUT2D eigenvalue weighted by molar-refractivity contribution is 8.25. The van der Waals surface area contributed by atoms with Crippen LogP contribution < -0.4 is 10.1 Å². The first kappa shape index (κ1) is 37.4. The van der Waals surface area contributed by atoms with Crippen LogP contribution in [-0.2, 0) is 24.1 Å². The number of nitrogens with zero attached hydrogens (tertiary/aromatic N) is 1. The molecule has 1 aliphatic heterocycles. The first-order valence-electron chi connectivity index (χ1n) is 15.0. The molecule has 11 nitrogen and oxygen atoms in total. The Kier molecular flexibility index (Phi) is 11.8. The molecule has 1 aliphatic rings. The number of nitrogens with one attached hydrogen (secondary N) is 1. The van der Waals surface area contributed by atoms with Crippen LogP contribution in [0.4, 0.5) is 20.1 Å². The number of amides is 4. The minimum Gasteiger partial charge on any atom is -0.497 e. The van der Waals surface area contributed by atoms with E-state index in [4.69, 9.17) is 14.2 Å². The molecule has 13 heteroatoms. The molecule has 0 aliphatic carbocycles. The predicted molar refractivity (Wildman–Crippen MR) is 180 cm³/mol. The molecule has 0 bridgehead atoms. The monoisotopic (exact) mass is 686 g/mol. The average molecular weight is 687 g/mol. The van der Waals surface area contributed by atoms with Crippen molar-refractivity contribution in [1.82, 2.24) is 4.90 Å². The van der Waals surface area contributed by atoms with Crippen LogP contribution in [0.2, 0.25) is 0 Å². The molecule has 47 heavy (non-hydrogen) atoms. The van der Waals surface area contributed by atoms with E-state index in [-0.39, 0.29) is 59.4 Å². The summed E-state index contributed by atoms with van der Waals surface area (Å²) in [5, 5.41) is 1.66. The fourth-order valence-electron chi connectivity index (χ4n) is 4.23. The molecule has 0 aromatic heterocycles. The molecule has 0 saturated carbocycles. The second kappa shape index (κ2) is 14.8. The van der Waals surface area contributed by atoms with Crippen LogP contribution in [0.5, 0.6) is 5.75 Å². The summed E-state index contributed by atoms with van der Waals surface area (Å²) in [4.78, 5) is 52.0. The number of sulfone groups is 1. The van der Waals surface area contributed by atoms with Crippen molar-refractivity contribution in [2.45, 2.75) is 76.7 Å². The Morgan fingerprint density at radius 3 is 2.17 bits per heavy atom. The first-order valence-corrected chi connectivity index (χ1v) is 17.3. The van der Waals surface area contributed by atoms with Crippen LogP contribution in [0, 0.1) is 29.6 Å². The molecule has 254 valence electrons. The molecule has 1 heterocycles. The quantitative estimate of drug-likeness (QED) is 0.213. The average Bonchev–Trinajstić information content (AvgIpc) is 3.25. The van der Waals surface area contributed by atoms with E-state index in [1.54, 1.807) is 39.0 Å². The zero-order chi connectivity index (χ0) is 35.2. The molecule has 1 fully saturated rings. The Morgan fingerprint density at radius 1 is 0.957 bits per heavy atom. The van der Waals surface area contributed by atoms with Crippen molar-refractivity contribution in [2.24, 2.45) is 10.8 Å². The molecule has 0 radical (unpaired) electrons. The van der Waals surface area contributed by atoms with E-state index in [1.165, 1.54) is 31.4 Å². The maximum atomic E-state index is 14.1. The van der Waals surface area contributed by atoms with Crippen molar-refractivity contribution in [1.29, 1.82) is 0 Å². The lowest BCUT2D eigenvalue weighted by molar-refractivity contribution is -0.126. The van der Waals surface area contributed by atoms with E-state index in [0.717, 1.165) is 5.56 Å². The number of hydrogen-bond donors (Lipinski definition) is 1. The van der Waals surface area contributed by atoms with Crippen molar-refractivity contribution >= 4 is 50.6 Å². The van der Waals surface area contributed by atoms with Gasteiger partial charge in [0.05, 0.1) is 25.2 Å². The number of unbranched alkanes of at least 4 members (excludes halogenated alkanes) is 1. The maximum absolute atomic E-state index is 14.1. The molecule has 4 amide bonds. The molecule has 1 N–H and O–H groups in total. The van der Waals surface area contributed by atoms with Crippen LogP contribution in [0.3, 0.4) is 0 Å². The molecule has 1 atom stereocenters. The molecule has 1 unspecified atom stereocenters. The number of anilines is 1. The van der Waals surface area contributed by atoms with Gasteiger partial charge >= 0.3 is 12.2 Å². The third-order valence-electron chi connectivity index (χ3n) is 6.73. The molecule has 2 aromatic rings. The number of benzene rings is 2. The number of ether oxygens (including phenoxy) is 3. The SMILES string of the molecule is COc1ccc(S(=O)(=O)C2(CCCC#Cc3cc(NC(=O)OCC(C)(C)C)ccc3C)SC(=O)N(C(=O)OCC(C)(C)C)C2=O)cc1. The highest BCUT2D eigenvalue weighted by atomic mass is 32.3. The molecule has 0 spiro atoms. The molecular weight excluding hydrogens is 645 g/mol. The molecule has 2 aromatic carbocycles. The summed E-state index contributed by atoms with van der Waals surface area (Å²) in [6, 6.07) is 10.7. The fourth-order valence-corrected chi connectivity index (χ4v) is 7.74. The normalized spacial score (nSPS) is 16.7. The number of thioether (sulfide) groups is 1. The Bertz CT molecular complexity index is 1680. The van der Waals surface area contributed by atoms with Gasteiger partial charge in [0.25, 0.3) is 11.1 Å². The van der Waals surface area contributed by atoms with Gasteiger partial charge in [0, 0.05) is 17.7 Å². The van der Waals surface area contributed by atoms with Crippen molar-refractivity contribution in [3.05, 3.63) is 53.6 Å². The lowest BCUT2D eigenvalue weighted by Gasteiger charge is -2.25. The third-order valence-corrected chi connectivity index (χ3v) is 10.8. The van der Waals surface area contributed by atoms with E-state index in [1.807, 2.05) is 27.7 Å². The van der Waals surface area contributed by atoms with Gasteiger partial charge in [-0.25, -0.2) is 18.0 Å². The van der Waals surface area contributed by atoms with Crippen LogP contribution in [-0.4, -0.2) is 61.1 Å². The first-order chi connectivity index (χ1) is 21.8. The summed E-state index contributed by atoms with van der Waals surface area (Å²) in [6.45, 7) is 13.3. The summed E-state index contributed by atoms with van der Waals surface area (Å²) in [7, 11) is -3.08. The zero-order valence-corrected chi connectivity index (χ0v) is 29.6. The number of rotatable bonds is 9. The van der Waals surface area contributed by atoms with Gasteiger partial charge in [0.15, 0.2) is 0 Å². The Hall–Kier alpha value is -4.02. The lowest BCUT2D eigenvalue weighted by atomic mass is 9.99. The van der Waals surface area contributed by atoms with Crippen molar-refractivity contribution in [3.8, 4) is 17.6 Å². The zero-order valence-electron chi connectivity index (χ0n) is 28.0. The number of carbonyl (C=O) groups excluding carboxylic acids is 4. The van der Waals surface area contributed by atoms with Gasteiger partial charge in [-0.1, -0.05) is 59.4 Å². The number of imide groups is 3. The van der Waals surface area contributed by atoms with Gasteiger partial charge in [0.2, 0.25) is 13.9 Å². The Labute approximate surface area is 281 Å². The second-order valence-electron chi connectivity index (χ2n) is 13.5.